The van der Waals surface area contributed by atoms with E-state index in [1.807, 2.05) is 0 Å². The normalized spacial score (nSPS) is 15.0. The molecule has 0 aliphatic heterocycles. The number of halogens is 7. The van der Waals surface area contributed by atoms with Crippen molar-refractivity contribution in [3.8, 4) is 23.0 Å². The Kier molecular flexibility index (Phi) is 5.89. The average molecular weight is 450 g/mol. The minimum absolute atomic E-state index is 0.0621. The fraction of sp³-hybridized carbons (Fsp3) is 0.280. The monoisotopic (exact) mass is 450 g/mol. The zero-order valence-corrected chi connectivity index (χ0v) is 16.7. The van der Waals surface area contributed by atoms with Gasteiger partial charge in [0, 0.05) is 11.5 Å². The first kappa shape index (κ1) is 22.2. The predicted octanol–water partition coefficient (Wildman–Crippen LogP) is 8.02. The van der Waals surface area contributed by atoms with Crippen molar-refractivity contribution in [2.45, 2.75) is 44.2 Å². The summed E-state index contributed by atoms with van der Waals surface area (Å²) in [5.74, 6) is -2.21. The highest BCUT2D eigenvalue weighted by Gasteiger charge is 2.24. The molecular formula is C25H17F7. The zero-order valence-electron chi connectivity index (χ0n) is 16.7. The molecule has 0 atom stereocenters. The van der Waals surface area contributed by atoms with E-state index in [9.17, 15) is 30.7 Å². The molecule has 3 aromatic rings. The van der Waals surface area contributed by atoms with Crippen LogP contribution in [0, 0.1) is 35.1 Å². The van der Waals surface area contributed by atoms with Crippen LogP contribution in [0.3, 0.4) is 0 Å². The van der Waals surface area contributed by atoms with Crippen LogP contribution < -0.4 is 0 Å². The van der Waals surface area contributed by atoms with Gasteiger partial charge in [-0.25, -0.2) is 17.6 Å². The molecule has 1 aliphatic rings. The molecule has 0 unspecified atom stereocenters. The van der Waals surface area contributed by atoms with Gasteiger partial charge in [0.05, 0.1) is 10.9 Å². The third kappa shape index (κ3) is 4.45. The van der Waals surface area contributed by atoms with Crippen molar-refractivity contribution < 1.29 is 30.7 Å². The van der Waals surface area contributed by atoms with E-state index < -0.39 is 40.4 Å². The highest BCUT2D eigenvalue weighted by atomic mass is 19.4. The molecule has 1 saturated carbocycles. The second kappa shape index (κ2) is 8.50. The SMILES string of the molecule is Fc1cc(C2CCCCC2)ccc1-c1cc(F)c2c(F)c(C#CC(F)(F)F)c(F)cc2c1. The van der Waals surface area contributed by atoms with Crippen LogP contribution in [0.15, 0.2) is 36.4 Å². The Labute approximate surface area is 180 Å². The molecule has 166 valence electrons. The molecule has 7 heteroatoms. The van der Waals surface area contributed by atoms with E-state index in [4.69, 9.17) is 0 Å². The molecule has 0 heterocycles. The standard InChI is InChI=1S/C25H17F7/c26-20-11-15(14-4-2-1-3-5-14)6-7-18(20)16-10-17-13-21(27)19(8-9-25(30,31)32)24(29)23(17)22(28)12-16/h6-7,10-14H,1-5H2. The summed E-state index contributed by atoms with van der Waals surface area (Å²) in [6.07, 6.45) is 0.303. The maximum absolute atomic E-state index is 14.9. The molecule has 3 aromatic carbocycles. The van der Waals surface area contributed by atoms with Gasteiger partial charge >= 0.3 is 6.18 Å². The molecule has 0 spiro atoms. The summed E-state index contributed by atoms with van der Waals surface area (Å²) in [4.78, 5) is 0. The van der Waals surface area contributed by atoms with Crippen molar-refractivity contribution in [3.05, 3.63) is 70.8 Å². The molecule has 0 bridgehead atoms. The smallest absolute Gasteiger partial charge is 0.206 e. The lowest BCUT2D eigenvalue weighted by Crippen LogP contribution is -2.05. The summed E-state index contributed by atoms with van der Waals surface area (Å²) in [6.45, 7) is 0. The molecular weight excluding hydrogens is 433 g/mol. The van der Waals surface area contributed by atoms with Crippen LogP contribution in [0.5, 0.6) is 0 Å². The number of hydrogen-bond donors (Lipinski definition) is 0. The second-order valence-corrected chi connectivity index (χ2v) is 7.93. The van der Waals surface area contributed by atoms with E-state index in [1.165, 1.54) is 24.1 Å². The molecule has 0 N–H and O–H groups in total. The first-order valence-electron chi connectivity index (χ1n) is 10.1. The molecule has 0 saturated heterocycles. The minimum atomic E-state index is -4.96. The van der Waals surface area contributed by atoms with Crippen LogP contribution in [0.25, 0.3) is 21.9 Å². The maximum Gasteiger partial charge on any atom is 0.458 e. The first-order valence-corrected chi connectivity index (χ1v) is 10.1. The van der Waals surface area contributed by atoms with Gasteiger partial charge in [0.25, 0.3) is 0 Å². The summed E-state index contributed by atoms with van der Waals surface area (Å²) in [5.41, 5.74) is -0.190. The van der Waals surface area contributed by atoms with Crippen LogP contribution in [0.1, 0.15) is 49.1 Å². The Hall–Kier alpha value is -3.01. The van der Waals surface area contributed by atoms with E-state index >= 15 is 0 Å². The molecule has 0 aromatic heterocycles. The van der Waals surface area contributed by atoms with E-state index in [0.717, 1.165) is 49.7 Å². The largest absolute Gasteiger partial charge is 0.458 e. The van der Waals surface area contributed by atoms with Crippen LogP contribution >= 0.6 is 0 Å². The number of fused-ring (bicyclic) bond motifs is 1. The first-order chi connectivity index (χ1) is 15.1. The molecule has 0 radical (unpaired) electrons. The summed E-state index contributed by atoms with van der Waals surface area (Å²) in [7, 11) is 0. The molecule has 4 rings (SSSR count). The van der Waals surface area contributed by atoms with Gasteiger partial charge in [-0.15, -0.1) is 0 Å². The van der Waals surface area contributed by atoms with Crippen molar-refractivity contribution in [1.29, 1.82) is 0 Å². The van der Waals surface area contributed by atoms with Crippen LogP contribution in [-0.4, -0.2) is 6.18 Å². The molecule has 0 nitrogen and oxygen atoms in total. The summed E-state index contributed by atoms with van der Waals surface area (Å²) in [6, 6.07) is 7.46. The van der Waals surface area contributed by atoms with Crippen LogP contribution in [0.4, 0.5) is 30.7 Å². The lowest BCUT2D eigenvalue weighted by molar-refractivity contribution is -0.0696. The maximum atomic E-state index is 14.9. The van der Waals surface area contributed by atoms with Crippen LogP contribution in [0.2, 0.25) is 0 Å². The van der Waals surface area contributed by atoms with Crippen molar-refractivity contribution in [1.82, 2.24) is 0 Å². The second-order valence-electron chi connectivity index (χ2n) is 7.93. The quantitative estimate of drug-likeness (QED) is 0.274. The van der Waals surface area contributed by atoms with Crippen molar-refractivity contribution in [2.75, 3.05) is 0 Å². The molecule has 1 aliphatic carbocycles. The highest BCUT2D eigenvalue weighted by molar-refractivity contribution is 5.90. The third-order valence-corrected chi connectivity index (χ3v) is 5.79. The summed E-state index contributed by atoms with van der Waals surface area (Å²) >= 11 is 0. The number of benzene rings is 3. The van der Waals surface area contributed by atoms with Gasteiger partial charge in [-0.2, -0.15) is 13.2 Å². The molecule has 1 fully saturated rings. The number of rotatable bonds is 2. The Balaban J connectivity index is 1.77. The zero-order chi connectivity index (χ0) is 23.0. The highest BCUT2D eigenvalue weighted by Crippen LogP contribution is 2.36. The Morgan fingerprint density at radius 3 is 2.16 bits per heavy atom. The van der Waals surface area contributed by atoms with Gasteiger partial charge in [0.15, 0.2) is 5.82 Å². The molecule has 32 heavy (non-hydrogen) atoms. The number of hydrogen-bond acceptors (Lipinski definition) is 0. The Morgan fingerprint density at radius 2 is 1.50 bits per heavy atom. The molecule has 0 amide bonds. The van der Waals surface area contributed by atoms with Gasteiger partial charge in [0.1, 0.15) is 17.5 Å². The van der Waals surface area contributed by atoms with Crippen molar-refractivity contribution in [2.24, 2.45) is 0 Å². The minimum Gasteiger partial charge on any atom is -0.206 e. The lowest BCUT2D eigenvalue weighted by atomic mass is 9.83. The third-order valence-electron chi connectivity index (χ3n) is 5.79. The summed E-state index contributed by atoms with van der Waals surface area (Å²) in [5, 5.41) is -0.954. The van der Waals surface area contributed by atoms with E-state index in [2.05, 4.69) is 0 Å². The average Bonchev–Trinajstić information content (AvgIpc) is 2.72. The fourth-order valence-electron chi connectivity index (χ4n) is 4.27. The predicted molar refractivity (Wildman–Crippen MR) is 108 cm³/mol. The van der Waals surface area contributed by atoms with E-state index in [0.29, 0.717) is 6.07 Å². The van der Waals surface area contributed by atoms with Gasteiger partial charge in [-0.1, -0.05) is 37.3 Å². The van der Waals surface area contributed by atoms with Crippen molar-refractivity contribution in [3.63, 3.8) is 0 Å². The topological polar surface area (TPSA) is 0 Å². The van der Waals surface area contributed by atoms with Crippen LogP contribution in [-0.2, 0) is 0 Å². The summed E-state index contributed by atoms with van der Waals surface area (Å²) < 4.78 is 95.3. The lowest BCUT2D eigenvalue weighted by Gasteiger charge is -2.22. The van der Waals surface area contributed by atoms with Gasteiger partial charge in [0.2, 0.25) is 0 Å². The van der Waals surface area contributed by atoms with E-state index in [-0.39, 0.29) is 22.4 Å². The van der Waals surface area contributed by atoms with Gasteiger partial charge in [-0.3, -0.25) is 0 Å². The fourth-order valence-corrected chi connectivity index (χ4v) is 4.27. The Bertz CT molecular complexity index is 1240. The Morgan fingerprint density at radius 1 is 0.781 bits per heavy atom. The van der Waals surface area contributed by atoms with Gasteiger partial charge in [-0.05, 0) is 59.5 Å². The number of alkyl halides is 3. The van der Waals surface area contributed by atoms with Gasteiger partial charge < -0.3 is 0 Å². The van der Waals surface area contributed by atoms with E-state index in [1.54, 1.807) is 6.07 Å². The van der Waals surface area contributed by atoms with Crippen molar-refractivity contribution >= 4 is 10.8 Å².